The summed E-state index contributed by atoms with van der Waals surface area (Å²) in [4.78, 5) is 70.8. The third-order valence-electron chi connectivity index (χ3n) is 4.97. The number of guanidine groups is 1. The first-order chi connectivity index (χ1) is 17.3. The highest BCUT2D eigenvalue weighted by Crippen LogP contribution is 2.05. The van der Waals surface area contributed by atoms with Crippen molar-refractivity contribution in [2.24, 2.45) is 22.2 Å². The van der Waals surface area contributed by atoms with Gasteiger partial charge in [-0.1, -0.05) is 0 Å². The summed E-state index contributed by atoms with van der Waals surface area (Å²) in [6, 6.07) is -5.77. The molecule has 0 spiro atoms. The Morgan fingerprint density at radius 2 is 1.70 bits per heavy atom. The predicted molar refractivity (Wildman–Crippen MR) is 128 cm³/mol. The largest absolute Gasteiger partial charge is 0.481 e. The topological polar surface area (TPSA) is 301 Å². The molecular weight excluding hydrogens is 494 g/mol. The highest BCUT2D eigenvalue weighted by molar-refractivity contribution is 5.95. The van der Waals surface area contributed by atoms with Crippen LogP contribution in [-0.2, 0) is 30.4 Å². The van der Waals surface area contributed by atoms with Gasteiger partial charge < -0.3 is 53.5 Å². The van der Waals surface area contributed by atoms with Crippen molar-refractivity contribution in [3.63, 3.8) is 0 Å². The highest BCUT2D eigenvalue weighted by Gasteiger charge is 2.33. The fourth-order valence-corrected chi connectivity index (χ4v) is 3.07. The molecule has 0 aliphatic carbocycles. The number of aromatic amines is 1. The second kappa shape index (κ2) is 15.0. The summed E-state index contributed by atoms with van der Waals surface area (Å²) >= 11 is 0. The number of nitrogens with zero attached hydrogens (tertiary/aromatic N) is 2. The molecule has 17 heteroatoms. The molecule has 0 aromatic carbocycles. The Balaban J connectivity index is 2.98. The van der Waals surface area contributed by atoms with Crippen molar-refractivity contribution < 1.29 is 39.3 Å². The van der Waals surface area contributed by atoms with Gasteiger partial charge in [0.25, 0.3) is 0 Å². The van der Waals surface area contributed by atoms with Crippen molar-refractivity contribution in [3.05, 3.63) is 18.2 Å². The van der Waals surface area contributed by atoms with Gasteiger partial charge in [-0.25, -0.2) is 9.78 Å². The summed E-state index contributed by atoms with van der Waals surface area (Å²) in [5.74, 6) is -6.01. The van der Waals surface area contributed by atoms with E-state index in [1.165, 1.54) is 12.5 Å². The minimum atomic E-state index is -1.81. The minimum Gasteiger partial charge on any atom is -0.481 e. The molecule has 37 heavy (non-hydrogen) atoms. The maximum atomic E-state index is 13.0. The van der Waals surface area contributed by atoms with E-state index in [-0.39, 0.29) is 31.8 Å². The monoisotopic (exact) mass is 527 g/mol. The van der Waals surface area contributed by atoms with E-state index in [1.54, 1.807) is 0 Å². The first-order valence-corrected chi connectivity index (χ1v) is 11.1. The second-order valence-corrected chi connectivity index (χ2v) is 8.12. The molecule has 206 valence electrons. The fourth-order valence-electron chi connectivity index (χ4n) is 3.07. The van der Waals surface area contributed by atoms with Gasteiger partial charge in [-0.3, -0.25) is 24.2 Å². The molecule has 0 radical (unpaired) electrons. The van der Waals surface area contributed by atoms with Crippen LogP contribution in [0.15, 0.2) is 17.5 Å². The van der Waals surface area contributed by atoms with E-state index in [2.05, 4.69) is 25.6 Å². The molecule has 5 unspecified atom stereocenters. The number of nitrogens with two attached hydrogens (primary N) is 3. The molecule has 0 saturated carbocycles. The standard InChI is InChI=1S/C20H33N9O8/c1-9(30)15(18(35)28-13(19(36)37)6-14(31)32)29-17(34)12(3-2-4-25-20(22)23)27-16(33)11(21)5-10-7-24-8-26-10/h7-9,11-13,15,30H,2-6,21H2,1H3,(H,24,26)(H,27,33)(H,28,35)(H,29,34)(H,31,32)(H,36,37)(H4,22,23,25). The lowest BCUT2D eigenvalue weighted by Gasteiger charge is -2.26. The average molecular weight is 528 g/mol. The van der Waals surface area contributed by atoms with Gasteiger partial charge in [-0.05, 0) is 19.8 Å². The Labute approximate surface area is 211 Å². The molecule has 17 nitrogen and oxygen atoms in total. The van der Waals surface area contributed by atoms with Crippen molar-refractivity contribution in [1.82, 2.24) is 25.9 Å². The van der Waals surface area contributed by atoms with Gasteiger partial charge in [0.15, 0.2) is 5.96 Å². The molecule has 0 aliphatic heterocycles. The average Bonchev–Trinajstić information content (AvgIpc) is 3.30. The van der Waals surface area contributed by atoms with Crippen molar-refractivity contribution in [2.45, 2.75) is 62.9 Å². The lowest BCUT2D eigenvalue weighted by Crippen LogP contribution is -2.60. The van der Waals surface area contributed by atoms with E-state index in [0.29, 0.717) is 5.69 Å². The first-order valence-electron chi connectivity index (χ1n) is 11.1. The number of hydrogen-bond donors (Lipinski definition) is 10. The third kappa shape index (κ3) is 11.4. The van der Waals surface area contributed by atoms with E-state index >= 15 is 0 Å². The number of rotatable bonds is 16. The zero-order valence-corrected chi connectivity index (χ0v) is 20.1. The van der Waals surface area contributed by atoms with Gasteiger partial charge in [-0.15, -0.1) is 0 Å². The number of carbonyl (C=O) groups is 5. The van der Waals surface area contributed by atoms with Gasteiger partial charge in [0.1, 0.15) is 18.1 Å². The molecule has 5 atom stereocenters. The molecule has 1 aromatic heterocycles. The van der Waals surface area contributed by atoms with E-state index in [1.807, 2.05) is 5.32 Å². The Hall–Kier alpha value is -4.25. The van der Waals surface area contributed by atoms with Crippen LogP contribution >= 0.6 is 0 Å². The van der Waals surface area contributed by atoms with Gasteiger partial charge in [0.2, 0.25) is 17.7 Å². The molecule has 1 aromatic rings. The Morgan fingerprint density at radius 1 is 1.05 bits per heavy atom. The number of aliphatic imine (C=N–C) groups is 1. The fraction of sp³-hybridized carbons (Fsp3) is 0.550. The molecule has 1 heterocycles. The number of amides is 3. The van der Waals surface area contributed by atoms with Crippen LogP contribution in [0.5, 0.6) is 0 Å². The zero-order valence-electron chi connectivity index (χ0n) is 20.1. The van der Waals surface area contributed by atoms with E-state index in [9.17, 15) is 29.1 Å². The number of aromatic nitrogens is 2. The normalized spacial score (nSPS) is 14.8. The molecular formula is C20H33N9O8. The van der Waals surface area contributed by atoms with Crippen molar-refractivity contribution in [1.29, 1.82) is 0 Å². The van der Waals surface area contributed by atoms with Crippen molar-refractivity contribution in [3.8, 4) is 0 Å². The minimum absolute atomic E-state index is 0.00996. The lowest BCUT2D eigenvalue weighted by molar-refractivity contribution is -0.148. The van der Waals surface area contributed by atoms with Crippen LogP contribution in [0.1, 0.15) is 31.9 Å². The maximum Gasteiger partial charge on any atom is 0.326 e. The Bertz CT molecular complexity index is 963. The van der Waals surface area contributed by atoms with Crippen LogP contribution in [0, 0.1) is 0 Å². The van der Waals surface area contributed by atoms with Crippen LogP contribution in [0.3, 0.4) is 0 Å². The number of carbonyl (C=O) groups excluding carboxylic acids is 3. The number of aliphatic carboxylic acids is 2. The summed E-state index contributed by atoms with van der Waals surface area (Å²) in [6.45, 7) is 1.28. The number of imidazole rings is 1. The van der Waals surface area contributed by atoms with Crippen molar-refractivity contribution in [2.75, 3.05) is 6.54 Å². The molecule has 0 fully saturated rings. The van der Waals surface area contributed by atoms with Crippen LogP contribution in [0.4, 0.5) is 0 Å². The first kappa shape index (κ1) is 30.8. The Morgan fingerprint density at radius 3 is 2.22 bits per heavy atom. The van der Waals surface area contributed by atoms with Crippen LogP contribution in [0.25, 0.3) is 0 Å². The zero-order chi connectivity index (χ0) is 28.1. The van der Waals surface area contributed by atoms with Gasteiger partial charge in [-0.2, -0.15) is 0 Å². The number of H-pyrrole nitrogens is 1. The summed E-state index contributed by atoms with van der Waals surface area (Å²) in [5, 5.41) is 34.7. The number of aliphatic hydroxyl groups is 1. The number of nitrogens with one attached hydrogen (secondary N) is 4. The molecule has 3 amide bonds. The van der Waals surface area contributed by atoms with Crippen LogP contribution in [-0.4, -0.2) is 97.7 Å². The molecule has 0 saturated heterocycles. The highest BCUT2D eigenvalue weighted by atomic mass is 16.4. The number of aliphatic hydroxyl groups excluding tert-OH is 1. The summed E-state index contributed by atoms with van der Waals surface area (Å²) < 4.78 is 0. The van der Waals surface area contributed by atoms with Gasteiger partial charge >= 0.3 is 11.9 Å². The van der Waals surface area contributed by atoms with Gasteiger partial charge in [0, 0.05) is 24.9 Å². The smallest absolute Gasteiger partial charge is 0.326 e. The van der Waals surface area contributed by atoms with Crippen LogP contribution in [0.2, 0.25) is 0 Å². The summed E-state index contributed by atoms with van der Waals surface area (Å²) in [5.41, 5.74) is 17.1. The summed E-state index contributed by atoms with van der Waals surface area (Å²) in [7, 11) is 0. The van der Waals surface area contributed by atoms with E-state index in [0.717, 1.165) is 6.92 Å². The SMILES string of the molecule is CC(O)C(NC(=O)C(CCCN=C(N)N)NC(=O)C(N)Cc1cnc[nH]1)C(=O)NC(CC(=O)O)C(=O)O. The lowest BCUT2D eigenvalue weighted by atomic mass is 10.1. The molecule has 0 bridgehead atoms. The number of carboxylic acids is 2. The summed E-state index contributed by atoms with van der Waals surface area (Å²) in [6.07, 6.45) is 0.781. The molecule has 1 rings (SSSR count). The predicted octanol–water partition coefficient (Wildman–Crippen LogP) is -4.27. The van der Waals surface area contributed by atoms with E-state index in [4.69, 9.17) is 27.4 Å². The quantitative estimate of drug-likeness (QED) is 0.0555. The van der Waals surface area contributed by atoms with Crippen LogP contribution < -0.4 is 33.2 Å². The second-order valence-electron chi connectivity index (χ2n) is 8.12. The maximum absolute atomic E-state index is 13.0. The van der Waals surface area contributed by atoms with Gasteiger partial charge in [0.05, 0.1) is 24.9 Å². The number of hydrogen-bond acceptors (Lipinski definition) is 9. The molecule has 13 N–H and O–H groups in total. The van der Waals surface area contributed by atoms with E-state index < -0.39 is 66.4 Å². The third-order valence-corrected chi connectivity index (χ3v) is 4.97. The Kier molecular flexibility index (Phi) is 12.5. The van der Waals surface area contributed by atoms with Crippen molar-refractivity contribution >= 4 is 35.6 Å². The number of carboxylic acid groups (broad SMARTS) is 2. The molecule has 0 aliphatic rings.